The highest BCUT2D eigenvalue weighted by Gasteiger charge is 2.57. The lowest BCUT2D eigenvalue weighted by molar-refractivity contribution is -0.0208. The van der Waals surface area contributed by atoms with Crippen LogP contribution in [0.1, 0.15) is 49.7 Å². The van der Waals surface area contributed by atoms with E-state index in [1.165, 1.54) is 30.4 Å². The topological polar surface area (TPSA) is 40.5 Å². The third kappa shape index (κ3) is 1.99. The van der Waals surface area contributed by atoms with Crippen molar-refractivity contribution < 1.29 is 10.2 Å². The van der Waals surface area contributed by atoms with Crippen LogP contribution in [0.5, 0.6) is 5.75 Å². The van der Waals surface area contributed by atoms with Crippen LogP contribution in [-0.2, 0) is 6.42 Å². The van der Waals surface area contributed by atoms with Gasteiger partial charge >= 0.3 is 0 Å². The molecular formula is C18H23IO2. The highest BCUT2D eigenvalue weighted by Crippen LogP contribution is 2.62. The van der Waals surface area contributed by atoms with Crippen molar-refractivity contribution in [3.8, 4) is 5.75 Å². The number of rotatable bonds is 0. The van der Waals surface area contributed by atoms with Crippen LogP contribution in [0.4, 0.5) is 0 Å². The predicted molar refractivity (Wildman–Crippen MR) is 91.9 cm³/mol. The summed E-state index contributed by atoms with van der Waals surface area (Å²) >= 11 is 2.46. The average molecular weight is 398 g/mol. The summed E-state index contributed by atoms with van der Waals surface area (Å²) in [7, 11) is 0. The van der Waals surface area contributed by atoms with E-state index in [2.05, 4.69) is 35.6 Å². The molecule has 3 unspecified atom stereocenters. The summed E-state index contributed by atoms with van der Waals surface area (Å²) in [5.74, 6) is 2.42. The monoisotopic (exact) mass is 398 g/mol. The summed E-state index contributed by atoms with van der Waals surface area (Å²) in [5.41, 5.74) is 2.95. The second-order valence-corrected chi connectivity index (χ2v) is 9.14. The molecule has 3 aliphatic carbocycles. The van der Waals surface area contributed by atoms with E-state index in [1.54, 1.807) is 0 Å². The minimum Gasteiger partial charge on any atom is -0.508 e. The lowest BCUT2D eigenvalue weighted by Gasteiger charge is -2.50. The van der Waals surface area contributed by atoms with Crippen molar-refractivity contribution in [1.82, 2.24) is 0 Å². The molecule has 0 bridgehead atoms. The average Bonchev–Trinajstić information content (AvgIpc) is 2.70. The highest BCUT2D eigenvalue weighted by molar-refractivity contribution is 14.1. The van der Waals surface area contributed by atoms with E-state index in [1.807, 2.05) is 12.1 Å². The predicted octanol–water partition coefficient (Wildman–Crippen LogP) is 4.02. The number of aliphatic hydroxyl groups excluding tert-OH is 1. The molecule has 6 atom stereocenters. The van der Waals surface area contributed by atoms with Gasteiger partial charge in [-0.25, -0.2) is 0 Å². The van der Waals surface area contributed by atoms with Crippen LogP contribution >= 0.6 is 22.6 Å². The summed E-state index contributed by atoms with van der Waals surface area (Å²) in [6.45, 7) is 2.32. The maximum atomic E-state index is 10.6. The van der Waals surface area contributed by atoms with E-state index in [4.69, 9.17) is 0 Å². The fourth-order valence-corrected chi connectivity index (χ4v) is 6.88. The fraction of sp³-hybridized carbons (Fsp3) is 0.667. The van der Waals surface area contributed by atoms with Gasteiger partial charge in [0.15, 0.2) is 0 Å². The Labute approximate surface area is 140 Å². The van der Waals surface area contributed by atoms with Gasteiger partial charge in [0.2, 0.25) is 0 Å². The van der Waals surface area contributed by atoms with Crippen molar-refractivity contribution in [2.45, 2.75) is 55.0 Å². The maximum Gasteiger partial charge on any atom is 0.115 e. The van der Waals surface area contributed by atoms with E-state index in [9.17, 15) is 10.2 Å². The van der Waals surface area contributed by atoms with Gasteiger partial charge in [-0.1, -0.05) is 35.6 Å². The number of halogens is 1. The Bertz CT molecular complexity index is 572. The van der Waals surface area contributed by atoms with Crippen LogP contribution in [0.2, 0.25) is 0 Å². The smallest absolute Gasteiger partial charge is 0.115 e. The van der Waals surface area contributed by atoms with Crippen molar-refractivity contribution >= 4 is 22.6 Å². The molecule has 0 radical (unpaired) electrons. The Kier molecular flexibility index (Phi) is 3.31. The van der Waals surface area contributed by atoms with E-state index in [0.717, 1.165) is 18.8 Å². The Morgan fingerprint density at radius 3 is 2.90 bits per heavy atom. The van der Waals surface area contributed by atoms with Crippen molar-refractivity contribution in [2.24, 2.45) is 17.3 Å². The molecule has 4 rings (SSSR count). The van der Waals surface area contributed by atoms with E-state index in [0.29, 0.717) is 21.5 Å². The molecule has 0 heterocycles. The molecule has 114 valence electrons. The zero-order valence-electron chi connectivity index (χ0n) is 12.4. The lowest BCUT2D eigenvalue weighted by atomic mass is 9.55. The third-order valence-electron chi connectivity index (χ3n) is 6.65. The van der Waals surface area contributed by atoms with Crippen LogP contribution in [0, 0.1) is 17.3 Å². The summed E-state index contributed by atoms with van der Waals surface area (Å²) < 4.78 is 0.414. The zero-order chi connectivity index (χ0) is 14.8. The Morgan fingerprint density at radius 1 is 1.29 bits per heavy atom. The van der Waals surface area contributed by atoms with Gasteiger partial charge in [0.05, 0.1) is 6.10 Å². The highest BCUT2D eigenvalue weighted by atomic mass is 127. The second-order valence-electron chi connectivity index (χ2n) is 7.54. The van der Waals surface area contributed by atoms with Crippen LogP contribution in [0.3, 0.4) is 0 Å². The molecule has 0 aromatic heterocycles. The van der Waals surface area contributed by atoms with Gasteiger partial charge in [0, 0.05) is 3.92 Å². The first kappa shape index (κ1) is 14.3. The fourth-order valence-electron chi connectivity index (χ4n) is 5.51. The van der Waals surface area contributed by atoms with Gasteiger partial charge in [0.1, 0.15) is 5.75 Å². The molecule has 21 heavy (non-hydrogen) atoms. The zero-order valence-corrected chi connectivity index (χ0v) is 14.6. The molecular weight excluding hydrogens is 375 g/mol. The number of aliphatic hydroxyl groups is 1. The van der Waals surface area contributed by atoms with Gasteiger partial charge < -0.3 is 10.2 Å². The van der Waals surface area contributed by atoms with E-state index in [-0.39, 0.29) is 11.5 Å². The standard InChI is InChI=1S/C18H23IO2/c1-18-7-6-13-12-5-3-11(20)8-10(12)2-4-14(13)15(18)9-16(19)17(18)21/h3,5,8,13-17,20-21H,2,4,6-7,9H2,1H3/t13?,14?,15?,16-,17+,18+/m1/s1. The minimum atomic E-state index is -0.134. The van der Waals surface area contributed by atoms with Crippen LogP contribution < -0.4 is 0 Å². The summed E-state index contributed by atoms with van der Waals surface area (Å²) in [4.78, 5) is 0. The first-order valence-corrected chi connectivity index (χ1v) is 9.39. The molecule has 3 aliphatic rings. The van der Waals surface area contributed by atoms with Gasteiger partial charge in [-0.15, -0.1) is 0 Å². The van der Waals surface area contributed by atoms with Gasteiger partial charge in [-0.3, -0.25) is 0 Å². The molecule has 2 fully saturated rings. The second kappa shape index (κ2) is 4.85. The van der Waals surface area contributed by atoms with Crippen molar-refractivity contribution in [1.29, 1.82) is 0 Å². The van der Waals surface area contributed by atoms with Gasteiger partial charge in [-0.2, -0.15) is 0 Å². The molecule has 2 saturated carbocycles. The van der Waals surface area contributed by atoms with Gasteiger partial charge in [0.25, 0.3) is 0 Å². The molecule has 0 amide bonds. The molecule has 0 saturated heterocycles. The number of alkyl halides is 1. The number of aromatic hydroxyl groups is 1. The quantitative estimate of drug-likeness (QED) is 0.512. The van der Waals surface area contributed by atoms with E-state index >= 15 is 0 Å². The number of hydrogen-bond donors (Lipinski definition) is 2. The van der Waals surface area contributed by atoms with Crippen molar-refractivity contribution in [3.63, 3.8) is 0 Å². The molecule has 2 N–H and O–H groups in total. The number of benzene rings is 1. The molecule has 1 aromatic rings. The van der Waals surface area contributed by atoms with Crippen molar-refractivity contribution in [3.05, 3.63) is 29.3 Å². The maximum absolute atomic E-state index is 10.6. The van der Waals surface area contributed by atoms with Crippen LogP contribution in [-0.4, -0.2) is 20.2 Å². The van der Waals surface area contributed by atoms with Gasteiger partial charge in [-0.05, 0) is 78.5 Å². The number of phenols is 1. The first-order valence-electron chi connectivity index (χ1n) is 8.14. The minimum absolute atomic E-state index is 0.126. The van der Waals surface area contributed by atoms with E-state index < -0.39 is 0 Å². The largest absolute Gasteiger partial charge is 0.508 e. The Hall–Kier alpha value is -0.290. The third-order valence-corrected chi connectivity index (χ3v) is 7.83. The SMILES string of the molecule is C[C@]12CCC3c4ccc(O)cc4CCC3C1C[C@@H](I)[C@@H]2O. The van der Waals surface area contributed by atoms with Crippen LogP contribution in [0.25, 0.3) is 0 Å². The van der Waals surface area contributed by atoms with Crippen molar-refractivity contribution in [2.75, 3.05) is 0 Å². The molecule has 3 heteroatoms. The lowest BCUT2D eigenvalue weighted by Crippen LogP contribution is -2.44. The number of hydrogen-bond acceptors (Lipinski definition) is 2. The molecule has 2 nitrogen and oxygen atoms in total. The Balaban J connectivity index is 1.71. The Morgan fingerprint density at radius 2 is 2.10 bits per heavy atom. The molecule has 0 aliphatic heterocycles. The number of phenolic OH excluding ortho intramolecular Hbond substituents is 1. The first-order chi connectivity index (χ1) is 10.0. The summed E-state index contributed by atoms with van der Waals surface area (Å²) in [5, 5.41) is 20.3. The molecule has 1 aromatic carbocycles. The normalized spacial score (nSPS) is 44.8. The molecule has 0 spiro atoms. The summed E-state index contributed by atoms with van der Waals surface area (Å²) in [6, 6.07) is 5.96. The number of fused-ring (bicyclic) bond motifs is 5. The number of aryl methyl sites for hydroxylation is 1. The summed E-state index contributed by atoms with van der Waals surface area (Å²) in [6.07, 6.45) is 5.67. The van der Waals surface area contributed by atoms with Crippen LogP contribution in [0.15, 0.2) is 18.2 Å².